The van der Waals surface area contributed by atoms with Crippen LogP contribution in [0.2, 0.25) is 0 Å². The van der Waals surface area contributed by atoms with Crippen LogP contribution in [-0.2, 0) is 11.2 Å². The smallest absolute Gasteiger partial charge is 0.265 e. The van der Waals surface area contributed by atoms with Crippen LogP contribution in [0.15, 0.2) is 32.7 Å². The quantitative estimate of drug-likeness (QED) is 0.798. The maximum absolute atomic E-state index is 12.2. The molecule has 2 unspecified atom stereocenters. The van der Waals surface area contributed by atoms with E-state index in [4.69, 9.17) is 4.42 Å². The Morgan fingerprint density at radius 2 is 2.23 bits per heavy atom. The van der Waals surface area contributed by atoms with Crippen LogP contribution in [0.3, 0.4) is 0 Å². The molecule has 6 nitrogen and oxygen atoms in total. The molecule has 1 N–H and O–H groups in total. The standard InChI is InChI=1S/C20H24N4O2/c1-12-8-16(21-10-12)19-24-23-18(26-19)5-4-17(25)22-11-13-9-14-2-3-15(13)20(14)6-7-20/h8-9,14-15H,2-7,10-11H2,1H3,(H,22,25). The molecule has 2 bridgehead atoms. The van der Waals surface area contributed by atoms with E-state index < -0.39 is 0 Å². The molecule has 0 aromatic carbocycles. The van der Waals surface area contributed by atoms with Crippen molar-refractivity contribution < 1.29 is 9.21 Å². The zero-order chi connectivity index (χ0) is 17.7. The van der Waals surface area contributed by atoms with Crippen LogP contribution in [0.4, 0.5) is 0 Å². The Kier molecular flexibility index (Phi) is 3.62. The highest BCUT2D eigenvalue weighted by molar-refractivity contribution is 6.07. The number of carbonyl (C=O) groups is 1. The number of nitrogens with one attached hydrogen (secondary N) is 1. The average molecular weight is 352 g/mol. The SMILES string of the molecule is CC1=CC(c2nnc(CCC(=O)NCC3=CC4CCC3C43CC3)o2)=NC1. The van der Waals surface area contributed by atoms with Gasteiger partial charge >= 0.3 is 0 Å². The van der Waals surface area contributed by atoms with Crippen LogP contribution in [0, 0.1) is 17.3 Å². The van der Waals surface area contributed by atoms with Gasteiger partial charge in [-0.2, -0.15) is 0 Å². The first kappa shape index (κ1) is 16.0. The van der Waals surface area contributed by atoms with Gasteiger partial charge in [0.15, 0.2) is 0 Å². The first-order valence-corrected chi connectivity index (χ1v) is 9.66. The number of carbonyl (C=O) groups excluding carboxylic acids is 1. The Bertz CT molecular complexity index is 844. The van der Waals surface area contributed by atoms with Crippen LogP contribution in [0.5, 0.6) is 0 Å². The molecular weight excluding hydrogens is 328 g/mol. The number of allylic oxidation sites excluding steroid dienone is 2. The minimum atomic E-state index is 0.0483. The summed E-state index contributed by atoms with van der Waals surface area (Å²) in [4.78, 5) is 16.5. The highest BCUT2D eigenvalue weighted by Gasteiger charge is 2.61. The lowest BCUT2D eigenvalue weighted by Gasteiger charge is -2.17. The molecule has 1 aliphatic heterocycles. The second-order valence-corrected chi connectivity index (χ2v) is 8.18. The Morgan fingerprint density at radius 3 is 2.96 bits per heavy atom. The van der Waals surface area contributed by atoms with Gasteiger partial charge in [0, 0.05) is 19.4 Å². The molecule has 3 aliphatic carbocycles. The fraction of sp³-hybridized carbons (Fsp3) is 0.600. The molecule has 2 atom stereocenters. The fourth-order valence-electron chi connectivity index (χ4n) is 5.04. The van der Waals surface area contributed by atoms with Crippen LogP contribution in [-0.4, -0.2) is 34.9 Å². The van der Waals surface area contributed by atoms with E-state index in [0.29, 0.717) is 43.1 Å². The summed E-state index contributed by atoms with van der Waals surface area (Å²) in [5.41, 5.74) is 3.99. The minimum Gasteiger partial charge on any atom is -0.419 e. The highest BCUT2D eigenvalue weighted by atomic mass is 16.4. The van der Waals surface area contributed by atoms with Crippen LogP contribution >= 0.6 is 0 Å². The summed E-state index contributed by atoms with van der Waals surface area (Å²) in [6.45, 7) is 3.42. The molecule has 2 heterocycles. The van der Waals surface area contributed by atoms with E-state index in [1.165, 1.54) is 36.8 Å². The van der Waals surface area contributed by atoms with E-state index in [1.807, 2.05) is 13.0 Å². The highest BCUT2D eigenvalue weighted by Crippen LogP contribution is 2.70. The molecule has 0 saturated heterocycles. The van der Waals surface area contributed by atoms with E-state index in [9.17, 15) is 4.79 Å². The van der Waals surface area contributed by atoms with Crippen molar-refractivity contribution in [2.24, 2.45) is 22.2 Å². The summed E-state index contributed by atoms with van der Waals surface area (Å²) >= 11 is 0. The van der Waals surface area contributed by atoms with Gasteiger partial charge in [-0.1, -0.05) is 11.6 Å². The molecule has 26 heavy (non-hydrogen) atoms. The van der Waals surface area contributed by atoms with Crippen molar-refractivity contribution in [2.75, 3.05) is 13.1 Å². The third-order valence-corrected chi connectivity index (χ3v) is 6.51. The maximum Gasteiger partial charge on any atom is 0.265 e. The van der Waals surface area contributed by atoms with Crippen LogP contribution in [0.25, 0.3) is 0 Å². The Labute approximate surface area is 152 Å². The van der Waals surface area contributed by atoms with Crippen LogP contribution < -0.4 is 5.32 Å². The molecule has 2 fully saturated rings. The lowest BCUT2D eigenvalue weighted by molar-refractivity contribution is -0.121. The Morgan fingerprint density at radius 1 is 1.35 bits per heavy atom. The monoisotopic (exact) mass is 352 g/mol. The number of amides is 1. The molecule has 1 amide bonds. The van der Waals surface area contributed by atoms with Crippen molar-refractivity contribution >= 4 is 11.6 Å². The molecule has 1 aromatic heterocycles. The van der Waals surface area contributed by atoms with Crippen molar-refractivity contribution in [1.82, 2.24) is 15.5 Å². The molecule has 1 aromatic rings. The van der Waals surface area contributed by atoms with Gasteiger partial charge in [-0.05, 0) is 61.5 Å². The van der Waals surface area contributed by atoms with Gasteiger partial charge in [-0.3, -0.25) is 9.79 Å². The van der Waals surface area contributed by atoms with Gasteiger partial charge in [0.05, 0.1) is 6.54 Å². The average Bonchev–Trinajstić information content (AvgIpc) is 2.93. The van der Waals surface area contributed by atoms with Gasteiger partial charge < -0.3 is 9.73 Å². The normalized spacial score (nSPS) is 27.5. The van der Waals surface area contributed by atoms with Gasteiger partial charge in [0.25, 0.3) is 5.89 Å². The fourth-order valence-corrected chi connectivity index (χ4v) is 5.04. The summed E-state index contributed by atoms with van der Waals surface area (Å²) in [5.74, 6) is 2.50. The number of aliphatic imine (C=N–C) groups is 1. The largest absolute Gasteiger partial charge is 0.419 e. The first-order chi connectivity index (χ1) is 12.6. The van der Waals surface area contributed by atoms with E-state index in [1.54, 1.807) is 0 Å². The number of rotatable bonds is 6. The lowest BCUT2D eigenvalue weighted by Crippen LogP contribution is -2.28. The van der Waals surface area contributed by atoms with Crippen molar-refractivity contribution in [3.8, 4) is 0 Å². The second kappa shape index (κ2) is 5.89. The van der Waals surface area contributed by atoms with E-state index >= 15 is 0 Å². The summed E-state index contributed by atoms with van der Waals surface area (Å²) in [5, 5.41) is 11.2. The van der Waals surface area contributed by atoms with Crippen LogP contribution in [0.1, 0.15) is 50.8 Å². The lowest BCUT2D eigenvalue weighted by atomic mass is 9.90. The topological polar surface area (TPSA) is 80.4 Å². The summed E-state index contributed by atoms with van der Waals surface area (Å²) in [7, 11) is 0. The number of aryl methyl sites for hydroxylation is 1. The maximum atomic E-state index is 12.2. The number of hydrogen-bond acceptors (Lipinski definition) is 5. The molecule has 2 saturated carbocycles. The Balaban J connectivity index is 1.11. The van der Waals surface area contributed by atoms with Crippen molar-refractivity contribution in [2.45, 2.75) is 45.4 Å². The number of hydrogen-bond donors (Lipinski definition) is 1. The first-order valence-electron chi connectivity index (χ1n) is 9.66. The predicted octanol–water partition coefficient (Wildman–Crippen LogP) is 2.61. The molecule has 5 rings (SSSR count). The zero-order valence-electron chi connectivity index (χ0n) is 15.1. The second-order valence-electron chi connectivity index (χ2n) is 8.18. The summed E-state index contributed by atoms with van der Waals surface area (Å²) in [6, 6.07) is 0. The molecule has 1 spiro atoms. The van der Waals surface area contributed by atoms with Crippen molar-refractivity contribution in [3.63, 3.8) is 0 Å². The predicted molar refractivity (Wildman–Crippen MR) is 96.8 cm³/mol. The van der Waals surface area contributed by atoms with E-state index in [-0.39, 0.29) is 5.91 Å². The van der Waals surface area contributed by atoms with Crippen molar-refractivity contribution in [1.29, 1.82) is 0 Å². The third kappa shape index (κ3) is 2.63. The van der Waals surface area contributed by atoms with Crippen molar-refractivity contribution in [3.05, 3.63) is 35.1 Å². The molecule has 0 radical (unpaired) electrons. The number of aromatic nitrogens is 2. The summed E-state index contributed by atoms with van der Waals surface area (Å²) in [6.07, 6.45) is 10.7. The van der Waals surface area contributed by atoms with E-state index in [0.717, 1.165) is 17.5 Å². The molecule has 136 valence electrons. The molecule has 6 heteroatoms. The Hall–Kier alpha value is -2.24. The minimum absolute atomic E-state index is 0.0483. The third-order valence-electron chi connectivity index (χ3n) is 6.51. The van der Waals surface area contributed by atoms with Gasteiger partial charge in [-0.15, -0.1) is 10.2 Å². The van der Waals surface area contributed by atoms with Gasteiger partial charge in [-0.25, -0.2) is 0 Å². The zero-order valence-corrected chi connectivity index (χ0v) is 15.1. The molecule has 4 aliphatic rings. The molecular formula is C20H24N4O2. The van der Waals surface area contributed by atoms with Gasteiger partial charge in [0.2, 0.25) is 11.8 Å². The number of nitrogens with zero attached hydrogens (tertiary/aromatic N) is 3. The van der Waals surface area contributed by atoms with E-state index in [2.05, 4.69) is 26.6 Å². The summed E-state index contributed by atoms with van der Waals surface area (Å²) < 4.78 is 5.63. The van der Waals surface area contributed by atoms with Gasteiger partial charge in [0.1, 0.15) is 5.71 Å².